The first-order valence-electron chi connectivity index (χ1n) is 9.11. The van der Waals surface area contributed by atoms with E-state index in [9.17, 15) is 9.59 Å². The number of nitrogens with one attached hydrogen (secondary N) is 2. The van der Waals surface area contributed by atoms with Crippen LogP contribution in [0.4, 0.5) is 11.4 Å². The number of carbonyl (C=O) groups is 2. The van der Waals surface area contributed by atoms with Crippen LogP contribution < -0.4 is 10.6 Å². The predicted molar refractivity (Wildman–Crippen MR) is 108 cm³/mol. The fraction of sp³-hybridized carbons (Fsp3) is 0.364. The fourth-order valence-electron chi connectivity index (χ4n) is 2.52. The van der Waals surface area contributed by atoms with E-state index in [0.717, 1.165) is 18.5 Å². The summed E-state index contributed by atoms with van der Waals surface area (Å²) in [4.78, 5) is 24.1. The number of unbranched alkanes of at least 4 members (excludes halogenated alkanes) is 1. The van der Waals surface area contributed by atoms with Gasteiger partial charge in [0.25, 0.3) is 5.91 Å². The molecule has 0 heterocycles. The van der Waals surface area contributed by atoms with Crippen molar-refractivity contribution >= 4 is 23.2 Å². The summed E-state index contributed by atoms with van der Waals surface area (Å²) in [6.45, 7) is 8.49. The second kappa shape index (κ2) is 8.65. The predicted octanol–water partition coefficient (Wildman–Crippen LogP) is 5.37. The van der Waals surface area contributed by atoms with E-state index in [1.165, 1.54) is 5.56 Å². The highest BCUT2D eigenvalue weighted by Gasteiger charge is 2.14. The highest BCUT2D eigenvalue weighted by Crippen LogP contribution is 2.22. The maximum atomic E-state index is 12.4. The molecule has 2 N–H and O–H groups in total. The molecular formula is C22H28N2O2. The molecule has 0 radical (unpaired) electrons. The molecule has 138 valence electrons. The van der Waals surface area contributed by atoms with Gasteiger partial charge in [0.2, 0.25) is 5.91 Å². The third-order valence-electron chi connectivity index (χ3n) is 4.20. The first kappa shape index (κ1) is 19.7. The molecule has 0 aromatic heterocycles. The van der Waals surface area contributed by atoms with Crippen LogP contribution >= 0.6 is 0 Å². The molecule has 0 aliphatic carbocycles. The normalized spacial score (nSPS) is 11.1. The summed E-state index contributed by atoms with van der Waals surface area (Å²) in [6, 6.07) is 14.8. The van der Waals surface area contributed by atoms with Gasteiger partial charge in [-0.1, -0.05) is 46.2 Å². The van der Waals surface area contributed by atoms with Crippen LogP contribution in [0.15, 0.2) is 48.5 Å². The molecule has 0 saturated carbocycles. The summed E-state index contributed by atoms with van der Waals surface area (Å²) in [7, 11) is 0. The van der Waals surface area contributed by atoms with E-state index in [4.69, 9.17) is 0 Å². The van der Waals surface area contributed by atoms with Crippen molar-refractivity contribution in [3.63, 3.8) is 0 Å². The van der Waals surface area contributed by atoms with Gasteiger partial charge in [-0.25, -0.2) is 0 Å². The van der Waals surface area contributed by atoms with Crippen LogP contribution in [0.25, 0.3) is 0 Å². The second-order valence-electron chi connectivity index (χ2n) is 7.51. The van der Waals surface area contributed by atoms with E-state index in [2.05, 4.69) is 38.3 Å². The third kappa shape index (κ3) is 5.73. The minimum Gasteiger partial charge on any atom is -0.326 e. The Morgan fingerprint density at radius 1 is 0.846 bits per heavy atom. The molecule has 26 heavy (non-hydrogen) atoms. The lowest BCUT2D eigenvalue weighted by molar-refractivity contribution is -0.116. The molecular weight excluding hydrogens is 324 g/mol. The van der Waals surface area contributed by atoms with Crippen LogP contribution in [0.2, 0.25) is 0 Å². The fourth-order valence-corrected chi connectivity index (χ4v) is 2.52. The van der Waals surface area contributed by atoms with Gasteiger partial charge in [0.1, 0.15) is 0 Å². The quantitative estimate of drug-likeness (QED) is 0.735. The van der Waals surface area contributed by atoms with Gasteiger partial charge in [-0.05, 0) is 53.8 Å². The van der Waals surface area contributed by atoms with Gasteiger partial charge in [-0.15, -0.1) is 0 Å². The van der Waals surface area contributed by atoms with Gasteiger partial charge >= 0.3 is 0 Å². The van der Waals surface area contributed by atoms with E-state index >= 15 is 0 Å². The summed E-state index contributed by atoms with van der Waals surface area (Å²) in [5.74, 6) is -0.132. The summed E-state index contributed by atoms with van der Waals surface area (Å²) in [5, 5.41) is 5.74. The number of carbonyl (C=O) groups excluding carboxylic acids is 2. The largest absolute Gasteiger partial charge is 0.326 e. The maximum Gasteiger partial charge on any atom is 0.255 e. The van der Waals surface area contributed by atoms with Gasteiger partial charge in [-0.3, -0.25) is 9.59 Å². The molecule has 2 aromatic rings. The molecule has 2 rings (SSSR count). The zero-order chi connectivity index (χ0) is 19.2. The first-order valence-corrected chi connectivity index (χ1v) is 9.11. The van der Waals surface area contributed by atoms with Gasteiger partial charge < -0.3 is 10.6 Å². The molecule has 0 saturated heterocycles. The van der Waals surface area contributed by atoms with Crippen molar-refractivity contribution in [3.05, 3.63) is 59.7 Å². The van der Waals surface area contributed by atoms with Gasteiger partial charge in [0.15, 0.2) is 0 Å². The Morgan fingerprint density at radius 2 is 1.38 bits per heavy atom. The zero-order valence-corrected chi connectivity index (χ0v) is 16.1. The van der Waals surface area contributed by atoms with Crippen molar-refractivity contribution in [2.75, 3.05) is 10.6 Å². The number of amides is 2. The Morgan fingerprint density at radius 3 is 1.88 bits per heavy atom. The second-order valence-corrected chi connectivity index (χ2v) is 7.51. The molecule has 0 spiro atoms. The molecule has 0 atom stereocenters. The third-order valence-corrected chi connectivity index (χ3v) is 4.20. The number of anilines is 2. The lowest BCUT2D eigenvalue weighted by atomic mass is 9.87. The van der Waals surface area contributed by atoms with E-state index in [1.807, 2.05) is 24.3 Å². The molecule has 0 unspecified atom stereocenters. The van der Waals surface area contributed by atoms with Crippen molar-refractivity contribution in [2.45, 2.75) is 52.4 Å². The number of hydrogen-bond acceptors (Lipinski definition) is 2. The van der Waals surface area contributed by atoms with Crippen molar-refractivity contribution in [1.29, 1.82) is 0 Å². The Kier molecular flexibility index (Phi) is 6.56. The Hall–Kier alpha value is -2.62. The average Bonchev–Trinajstić information content (AvgIpc) is 2.61. The molecule has 2 amide bonds. The maximum absolute atomic E-state index is 12.4. The van der Waals surface area contributed by atoms with Crippen LogP contribution in [0.3, 0.4) is 0 Å². The van der Waals surface area contributed by atoms with Crippen molar-refractivity contribution in [2.24, 2.45) is 0 Å². The van der Waals surface area contributed by atoms with E-state index in [-0.39, 0.29) is 17.2 Å². The van der Waals surface area contributed by atoms with E-state index in [0.29, 0.717) is 17.7 Å². The Labute approximate surface area is 156 Å². The van der Waals surface area contributed by atoms with Crippen molar-refractivity contribution in [3.8, 4) is 0 Å². The van der Waals surface area contributed by atoms with Crippen LogP contribution in [-0.2, 0) is 10.2 Å². The molecule has 0 aliphatic heterocycles. The minimum absolute atomic E-state index is 0.0163. The van der Waals surface area contributed by atoms with Crippen LogP contribution in [0.1, 0.15) is 62.9 Å². The summed E-state index contributed by atoms with van der Waals surface area (Å²) in [6.07, 6.45) is 2.41. The average molecular weight is 352 g/mol. The van der Waals surface area contributed by atoms with Crippen molar-refractivity contribution in [1.82, 2.24) is 0 Å². The van der Waals surface area contributed by atoms with Crippen molar-refractivity contribution < 1.29 is 9.59 Å². The molecule has 0 fully saturated rings. The minimum atomic E-state index is -0.148. The molecule has 4 nitrogen and oxygen atoms in total. The summed E-state index contributed by atoms with van der Waals surface area (Å²) >= 11 is 0. The first-order chi connectivity index (χ1) is 12.3. The summed E-state index contributed by atoms with van der Waals surface area (Å²) < 4.78 is 0. The molecule has 4 heteroatoms. The van der Waals surface area contributed by atoms with Gasteiger partial charge in [0, 0.05) is 23.4 Å². The molecule has 2 aromatic carbocycles. The van der Waals surface area contributed by atoms with E-state index in [1.54, 1.807) is 24.3 Å². The molecule has 0 bridgehead atoms. The topological polar surface area (TPSA) is 58.2 Å². The Balaban J connectivity index is 1.96. The number of benzene rings is 2. The summed E-state index contributed by atoms with van der Waals surface area (Å²) in [5.41, 5.74) is 3.30. The lowest BCUT2D eigenvalue weighted by Crippen LogP contribution is -2.14. The standard InChI is InChI=1S/C22H28N2O2/c1-5-6-7-20(25)23-18-12-14-19(15-13-18)24-21(26)16-8-10-17(11-9-16)22(2,3)4/h8-15H,5-7H2,1-4H3,(H,23,25)(H,24,26). The van der Waals surface area contributed by atoms with Crippen LogP contribution in [0.5, 0.6) is 0 Å². The monoisotopic (exact) mass is 352 g/mol. The lowest BCUT2D eigenvalue weighted by Gasteiger charge is -2.19. The highest BCUT2D eigenvalue weighted by molar-refractivity contribution is 6.04. The Bertz CT molecular complexity index is 741. The van der Waals surface area contributed by atoms with E-state index < -0.39 is 0 Å². The van der Waals surface area contributed by atoms with Crippen LogP contribution in [0, 0.1) is 0 Å². The SMILES string of the molecule is CCCCC(=O)Nc1ccc(NC(=O)c2ccc(C(C)(C)C)cc2)cc1. The zero-order valence-electron chi connectivity index (χ0n) is 16.1. The van der Waals surface area contributed by atoms with Crippen LogP contribution in [-0.4, -0.2) is 11.8 Å². The number of hydrogen-bond donors (Lipinski definition) is 2. The number of rotatable bonds is 6. The van der Waals surface area contributed by atoms with Gasteiger partial charge in [-0.2, -0.15) is 0 Å². The highest BCUT2D eigenvalue weighted by atomic mass is 16.2. The van der Waals surface area contributed by atoms with Gasteiger partial charge in [0.05, 0.1) is 0 Å². The smallest absolute Gasteiger partial charge is 0.255 e. The molecule has 0 aliphatic rings.